The molecule has 4 heterocycles. The number of aliphatic hydroxyl groups is 1. The second-order valence-electron chi connectivity index (χ2n) is 13.0. The Labute approximate surface area is 295 Å². The van der Waals surface area contributed by atoms with E-state index in [2.05, 4.69) is 5.32 Å². The van der Waals surface area contributed by atoms with E-state index in [-0.39, 0.29) is 26.0 Å². The van der Waals surface area contributed by atoms with Crippen molar-refractivity contribution in [2.24, 2.45) is 11.8 Å². The summed E-state index contributed by atoms with van der Waals surface area (Å²) < 4.78 is 12.2. The Morgan fingerprint density at radius 1 is 0.920 bits per heavy atom. The van der Waals surface area contributed by atoms with E-state index in [0.717, 1.165) is 11.1 Å². The van der Waals surface area contributed by atoms with Crippen molar-refractivity contribution in [1.29, 1.82) is 0 Å². The van der Waals surface area contributed by atoms with E-state index in [1.54, 1.807) is 48.6 Å². The van der Waals surface area contributed by atoms with Crippen LogP contribution in [0.1, 0.15) is 30.0 Å². The Morgan fingerprint density at radius 3 is 2.38 bits per heavy atom. The predicted octanol–water partition coefficient (Wildman–Crippen LogP) is 4.18. The minimum absolute atomic E-state index is 0.0759. The summed E-state index contributed by atoms with van der Waals surface area (Å²) in [5.41, 5.74) is 0.535. The number of amides is 3. The normalized spacial score (nSPS) is 29.4. The van der Waals surface area contributed by atoms with Gasteiger partial charge in [0.05, 0.1) is 47.3 Å². The van der Waals surface area contributed by atoms with Crippen LogP contribution in [0.2, 0.25) is 5.02 Å². The summed E-state index contributed by atoms with van der Waals surface area (Å²) in [5.74, 6) is -3.87. The van der Waals surface area contributed by atoms with Gasteiger partial charge in [-0.1, -0.05) is 109 Å². The van der Waals surface area contributed by atoms with Gasteiger partial charge in [-0.25, -0.2) is 0 Å². The number of carbonyl (C=O) groups is 4. The molecule has 0 saturated carbocycles. The Hall–Kier alpha value is -4.77. The second-order valence-corrected chi connectivity index (χ2v) is 13.4. The van der Waals surface area contributed by atoms with Gasteiger partial charge in [0.25, 0.3) is 5.91 Å². The van der Waals surface area contributed by atoms with Gasteiger partial charge in [0.15, 0.2) is 0 Å². The number of nitrogens with zero attached hydrogens (tertiary/aromatic N) is 2. The maximum atomic E-state index is 15.1. The number of fused-ring (bicyclic) bond motifs is 2. The highest BCUT2D eigenvalue weighted by Crippen LogP contribution is 2.56. The Bertz CT molecular complexity index is 1820. The van der Waals surface area contributed by atoms with Gasteiger partial charge in [0, 0.05) is 13.0 Å². The number of ether oxygens (including phenoxy) is 2. The molecule has 0 aromatic heterocycles. The van der Waals surface area contributed by atoms with E-state index in [4.69, 9.17) is 21.1 Å². The standard InChI is InChI=1S/C39H38ClN3O7/c40-28-16-9-10-17-30(28)42-21-11-3-8-18-32(45)49-24-29(26-14-6-2-7-15-26)41-36(46)33-31-19-20-39(50-31)34(33)37(47)43(35(39)38(42)48)27(23-44)22-25-12-4-1-5-13-25/h1-7,9-17,19-20,27,29,31,33-35,44H,8,18,21-24H2,(H,41,46)/b11-3-/t27-,29+,31+,33-,34-,35+,39-/m1/s1. The molecule has 2 N–H and O–H groups in total. The number of rotatable bonds is 6. The fraction of sp³-hybridized carbons (Fsp3) is 0.333. The zero-order chi connectivity index (χ0) is 34.8. The van der Waals surface area contributed by atoms with Crippen molar-refractivity contribution in [3.8, 4) is 0 Å². The van der Waals surface area contributed by atoms with Gasteiger partial charge < -0.3 is 29.7 Å². The molecule has 50 heavy (non-hydrogen) atoms. The molecule has 11 heteroatoms. The molecule has 0 unspecified atom stereocenters. The molecule has 0 radical (unpaired) electrons. The molecule has 2 fully saturated rings. The SMILES string of the molecule is O=C1CC/C=C\CN(c2ccccc2Cl)C(=O)[C@@H]2N([C@@H](CO)Cc3ccccc3)C(=O)[C@H]3[C@H](C(=O)N[C@H](c4ccccc4)CO1)[C@@H]1C=C[C@]23O1. The summed E-state index contributed by atoms with van der Waals surface area (Å²) in [4.78, 5) is 60.0. The lowest BCUT2D eigenvalue weighted by Gasteiger charge is -2.39. The largest absolute Gasteiger partial charge is 0.463 e. The molecule has 7 atom stereocenters. The highest BCUT2D eigenvalue weighted by molar-refractivity contribution is 6.34. The molecule has 3 amide bonds. The molecule has 5 bridgehead atoms. The molecule has 1 spiro atoms. The molecule has 0 aliphatic carbocycles. The summed E-state index contributed by atoms with van der Waals surface area (Å²) in [6, 6.07) is 22.8. The average Bonchev–Trinajstić information content (AvgIpc) is 3.78. The molecule has 4 aliphatic rings. The smallest absolute Gasteiger partial charge is 0.306 e. The van der Waals surface area contributed by atoms with Crippen LogP contribution in [0.5, 0.6) is 0 Å². The molecule has 258 valence electrons. The van der Waals surface area contributed by atoms with Crippen LogP contribution in [0.3, 0.4) is 0 Å². The van der Waals surface area contributed by atoms with Crippen molar-refractivity contribution in [3.05, 3.63) is 125 Å². The van der Waals surface area contributed by atoms with Crippen molar-refractivity contribution >= 4 is 41.0 Å². The molecule has 3 aromatic rings. The number of para-hydroxylation sites is 1. The summed E-state index contributed by atoms with van der Waals surface area (Å²) in [6.45, 7) is -0.454. The zero-order valence-electron chi connectivity index (χ0n) is 27.3. The fourth-order valence-corrected chi connectivity index (χ4v) is 8.00. The van der Waals surface area contributed by atoms with Gasteiger partial charge >= 0.3 is 5.97 Å². The Kier molecular flexibility index (Phi) is 9.59. The number of hydrogen-bond donors (Lipinski definition) is 2. The number of nitrogens with one attached hydrogen (secondary N) is 1. The molecule has 4 aliphatic heterocycles. The number of cyclic esters (lactones) is 1. The van der Waals surface area contributed by atoms with Crippen LogP contribution < -0.4 is 10.2 Å². The zero-order valence-corrected chi connectivity index (χ0v) is 28.0. The quantitative estimate of drug-likeness (QED) is 0.293. The van der Waals surface area contributed by atoms with E-state index in [1.807, 2.05) is 60.7 Å². The minimum atomic E-state index is -1.49. The summed E-state index contributed by atoms with van der Waals surface area (Å²) in [6.07, 6.45) is 7.00. The lowest BCUT2D eigenvalue weighted by Crippen LogP contribution is -2.59. The van der Waals surface area contributed by atoms with E-state index >= 15 is 4.79 Å². The van der Waals surface area contributed by atoms with Gasteiger partial charge in [0.1, 0.15) is 18.2 Å². The average molecular weight is 696 g/mol. The van der Waals surface area contributed by atoms with Crippen molar-refractivity contribution in [2.45, 2.75) is 49.1 Å². The van der Waals surface area contributed by atoms with Crippen LogP contribution in [0.25, 0.3) is 0 Å². The third-order valence-corrected chi connectivity index (χ3v) is 10.4. The first-order chi connectivity index (χ1) is 24.3. The summed E-state index contributed by atoms with van der Waals surface area (Å²) in [7, 11) is 0. The predicted molar refractivity (Wildman–Crippen MR) is 186 cm³/mol. The molecular weight excluding hydrogens is 658 g/mol. The molecular formula is C39H38ClN3O7. The van der Waals surface area contributed by atoms with Crippen LogP contribution in [0.4, 0.5) is 5.69 Å². The lowest BCUT2D eigenvalue weighted by molar-refractivity contribution is -0.146. The number of anilines is 1. The topological polar surface area (TPSA) is 125 Å². The van der Waals surface area contributed by atoms with Crippen molar-refractivity contribution in [2.75, 3.05) is 24.7 Å². The van der Waals surface area contributed by atoms with Crippen LogP contribution >= 0.6 is 11.6 Å². The highest BCUT2D eigenvalue weighted by atomic mass is 35.5. The van der Waals surface area contributed by atoms with Gasteiger partial charge in [-0.05, 0) is 36.1 Å². The number of carbonyl (C=O) groups excluding carboxylic acids is 4. The van der Waals surface area contributed by atoms with Crippen LogP contribution in [-0.4, -0.2) is 77.2 Å². The van der Waals surface area contributed by atoms with Crippen LogP contribution in [0.15, 0.2) is 109 Å². The van der Waals surface area contributed by atoms with Crippen molar-refractivity contribution in [1.82, 2.24) is 10.2 Å². The van der Waals surface area contributed by atoms with E-state index in [9.17, 15) is 19.5 Å². The first-order valence-electron chi connectivity index (χ1n) is 16.9. The number of aliphatic hydroxyl groups excluding tert-OH is 1. The van der Waals surface area contributed by atoms with E-state index in [0.29, 0.717) is 17.1 Å². The van der Waals surface area contributed by atoms with Gasteiger partial charge in [-0.3, -0.25) is 19.2 Å². The highest BCUT2D eigenvalue weighted by Gasteiger charge is 2.74. The Morgan fingerprint density at radius 2 is 1.64 bits per heavy atom. The Balaban J connectivity index is 1.34. The fourth-order valence-electron chi connectivity index (χ4n) is 7.76. The third-order valence-electron chi connectivity index (χ3n) is 10.1. The number of esters is 1. The maximum Gasteiger partial charge on any atom is 0.306 e. The molecule has 7 rings (SSSR count). The van der Waals surface area contributed by atoms with Crippen molar-refractivity contribution < 1.29 is 33.8 Å². The monoisotopic (exact) mass is 695 g/mol. The number of likely N-dealkylation sites (tertiary alicyclic amines) is 1. The van der Waals surface area contributed by atoms with Crippen LogP contribution in [0, 0.1) is 11.8 Å². The maximum absolute atomic E-state index is 15.1. The minimum Gasteiger partial charge on any atom is -0.463 e. The number of allylic oxidation sites excluding steroid dienone is 1. The number of halogens is 1. The molecule has 3 aromatic carbocycles. The molecule has 2 saturated heterocycles. The van der Waals surface area contributed by atoms with Crippen molar-refractivity contribution in [3.63, 3.8) is 0 Å². The first-order valence-corrected chi connectivity index (χ1v) is 17.3. The molecule has 10 nitrogen and oxygen atoms in total. The van der Waals surface area contributed by atoms with Gasteiger partial charge in [-0.2, -0.15) is 0 Å². The lowest BCUT2D eigenvalue weighted by atomic mass is 9.74. The van der Waals surface area contributed by atoms with Gasteiger partial charge in [-0.15, -0.1) is 0 Å². The van der Waals surface area contributed by atoms with Crippen LogP contribution in [-0.2, 0) is 35.1 Å². The summed E-state index contributed by atoms with van der Waals surface area (Å²) >= 11 is 6.68. The first kappa shape index (κ1) is 33.7. The van der Waals surface area contributed by atoms with E-state index < -0.39 is 72.0 Å². The third kappa shape index (κ3) is 6.12. The number of hydrogen-bond acceptors (Lipinski definition) is 7. The van der Waals surface area contributed by atoms with Gasteiger partial charge in [0.2, 0.25) is 11.8 Å². The summed E-state index contributed by atoms with van der Waals surface area (Å²) in [5, 5.41) is 14.2. The number of benzene rings is 3. The second kappa shape index (κ2) is 14.2. The van der Waals surface area contributed by atoms with E-state index in [1.165, 1.54) is 9.80 Å².